The van der Waals surface area contributed by atoms with E-state index >= 15 is 0 Å². The number of rotatable bonds is 6. The van der Waals surface area contributed by atoms with Crippen LogP contribution in [0.25, 0.3) is 5.69 Å². The number of sulfonamides is 1. The molecule has 30 heavy (non-hydrogen) atoms. The van der Waals surface area contributed by atoms with Crippen molar-refractivity contribution in [2.45, 2.75) is 26.5 Å². The van der Waals surface area contributed by atoms with E-state index < -0.39 is 16.1 Å². The molecule has 1 fully saturated rings. The van der Waals surface area contributed by atoms with Crippen LogP contribution in [0.4, 0.5) is 0 Å². The number of hydrogen-bond donors (Lipinski definition) is 2. The highest BCUT2D eigenvalue weighted by Crippen LogP contribution is 2.25. The van der Waals surface area contributed by atoms with Gasteiger partial charge < -0.3 is 10.2 Å². The Kier molecular flexibility index (Phi) is 8.13. The van der Waals surface area contributed by atoms with E-state index in [2.05, 4.69) is 10.00 Å². The first-order valence-electron chi connectivity index (χ1n) is 9.59. The van der Waals surface area contributed by atoms with E-state index in [0.29, 0.717) is 19.6 Å². The monoisotopic (exact) mass is 438 g/mol. The Morgan fingerprint density at radius 3 is 2.37 bits per heavy atom. The molecule has 2 N–H and O–H groups in total. The van der Waals surface area contributed by atoms with E-state index in [0.717, 1.165) is 22.6 Å². The predicted molar refractivity (Wildman–Crippen MR) is 114 cm³/mol. The molecule has 0 amide bonds. The summed E-state index contributed by atoms with van der Waals surface area (Å²) in [6, 6.07) is 9.98. The fraction of sp³-hybridized carbons (Fsp3) is 0.500. The smallest absolute Gasteiger partial charge is 0.290 e. The molecule has 0 saturated carbocycles. The third-order valence-electron chi connectivity index (χ3n) is 5.29. The van der Waals surface area contributed by atoms with Crippen molar-refractivity contribution >= 4 is 16.5 Å². The minimum atomic E-state index is -3.33. The molecule has 1 aromatic carbocycles. The number of aryl methyl sites for hydroxylation is 1. The van der Waals surface area contributed by atoms with Crippen molar-refractivity contribution in [1.29, 1.82) is 0 Å². The maximum Gasteiger partial charge on any atom is 0.290 e. The Hall–Kier alpha value is -2.27. The Morgan fingerprint density at radius 2 is 1.80 bits per heavy atom. The van der Waals surface area contributed by atoms with Gasteiger partial charge >= 0.3 is 0 Å². The second kappa shape index (κ2) is 10.2. The molecule has 3 rings (SSSR count). The third kappa shape index (κ3) is 5.66. The average Bonchev–Trinajstić information content (AvgIpc) is 3.16. The van der Waals surface area contributed by atoms with Gasteiger partial charge in [-0.1, -0.05) is 18.2 Å². The van der Waals surface area contributed by atoms with E-state index in [9.17, 15) is 13.5 Å². The zero-order chi connectivity index (χ0) is 22.5. The summed E-state index contributed by atoms with van der Waals surface area (Å²) in [6.07, 6.45) is -0.635. The molecule has 0 aliphatic carbocycles. The van der Waals surface area contributed by atoms with Crippen LogP contribution in [-0.2, 0) is 21.4 Å². The van der Waals surface area contributed by atoms with Crippen LogP contribution in [0.1, 0.15) is 17.0 Å². The molecule has 2 heterocycles. The van der Waals surface area contributed by atoms with Crippen LogP contribution in [0.15, 0.2) is 30.3 Å². The SMILES string of the molecule is Cc1nn(-c2ccccc2)c(C)c1CN1C[C@@H](CS(=O)(=O)N(C)C)[C@H](O)C1.O=CO. The lowest BCUT2D eigenvalue weighted by Crippen LogP contribution is -2.33. The molecule has 1 aliphatic rings. The molecule has 2 atom stereocenters. The van der Waals surface area contributed by atoms with Crippen molar-refractivity contribution in [3.63, 3.8) is 0 Å². The average molecular weight is 439 g/mol. The van der Waals surface area contributed by atoms with Gasteiger partial charge in [0.15, 0.2) is 0 Å². The molecule has 1 aliphatic heterocycles. The molecule has 0 radical (unpaired) electrons. The van der Waals surface area contributed by atoms with Crippen LogP contribution in [-0.4, -0.2) is 83.1 Å². The quantitative estimate of drug-likeness (QED) is 0.643. The van der Waals surface area contributed by atoms with Crippen LogP contribution in [0, 0.1) is 19.8 Å². The molecular formula is C20H30N4O5S. The van der Waals surface area contributed by atoms with Crippen molar-refractivity contribution in [3.8, 4) is 5.69 Å². The van der Waals surface area contributed by atoms with Crippen LogP contribution in [0.3, 0.4) is 0 Å². The highest BCUT2D eigenvalue weighted by molar-refractivity contribution is 7.89. The van der Waals surface area contributed by atoms with Crippen molar-refractivity contribution in [1.82, 2.24) is 19.0 Å². The molecule has 10 heteroatoms. The molecule has 2 aromatic rings. The number of carboxylic acid groups (broad SMARTS) is 1. The standard InChI is InChI=1S/C19H28N4O3S.CH2O2/c1-14-18(15(2)23(20-14)17-8-6-5-7-9-17)11-22-10-16(19(24)12-22)13-27(25,26)21(3)4;2-1-3/h5-9,16,19,24H,10-13H2,1-4H3;1H,(H,2,3)/t16-,19+;/m0./s1. The van der Waals surface area contributed by atoms with Gasteiger partial charge in [-0.25, -0.2) is 17.4 Å². The van der Waals surface area contributed by atoms with E-state index in [1.54, 1.807) is 0 Å². The lowest BCUT2D eigenvalue weighted by molar-refractivity contribution is -0.122. The van der Waals surface area contributed by atoms with Crippen LogP contribution in [0.2, 0.25) is 0 Å². The van der Waals surface area contributed by atoms with Crippen LogP contribution >= 0.6 is 0 Å². The number of nitrogens with zero attached hydrogens (tertiary/aromatic N) is 4. The van der Waals surface area contributed by atoms with Gasteiger partial charge in [-0.2, -0.15) is 5.10 Å². The summed E-state index contributed by atoms with van der Waals surface area (Å²) in [5.41, 5.74) is 4.16. The Labute approximate surface area is 177 Å². The molecule has 9 nitrogen and oxygen atoms in total. The number of carbonyl (C=O) groups is 1. The van der Waals surface area contributed by atoms with Crippen molar-refractivity contribution in [2.75, 3.05) is 32.9 Å². The number of aromatic nitrogens is 2. The molecule has 1 saturated heterocycles. The Morgan fingerprint density at radius 1 is 1.20 bits per heavy atom. The molecule has 1 aromatic heterocycles. The second-order valence-corrected chi connectivity index (χ2v) is 9.81. The van der Waals surface area contributed by atoms with Gasteiger partial charge in [0.2, 0.25) is 10.0 Å². The maximum absolute atomic E-state index is 12.1. The first-order valence-corrected chi connectivity index (χ1v) is 11.2. The lowest BCUT2D eigenvalue weighted by Gasteiger charge is -2.18. The number of benzene rings is 1. The molecule has 0 spiro atoms. The first-order chi connectivity index (χ1) is 14.1. The number of aliphatic hydroxyl groups excluding tert-OH is 1. The normalized spacial score (nSPS) is 19.5. The summed E-state index contributed by atoms with van der Waals surface area (Å²) < 4.78 is 27.5. The molecule has 0 bridgehead atoms. The Bertz CT molecular complexity index is 944. The number of likely N-dealkylation sites (tertiary alicyclic amines) is 1. The Balaban J connectivity index is 0.00000101. The van der Waals surface area contributed by atoms with E-state index in [4.69, 9.17) is 9.90 Å². The first kappa shape index (κ1) is 24.0. The number of aliphatic hydroxyl groups is 1. The van der Waals surface area contributed by atoms with Gasteiger partial charge in [0.1, 0.15) is 0 Å². The molecule has 0 unspecified atom stereocenters. The summed E-state index contributed by atoms with van der Waals surface area (Å²) in [6.45, 7) is 5.47. The summed E-state index contributed by atoms with van der Waals surface area (Å²) in [7, 11) is -0.275. The molecular weight excluding hydrogens is 408 g/mol. The second-order valence-electron chi connectivity index (χ2n) is 7.58. The molecule has 166 valence electrons. The van der Waals surface area contributed by atoms with Crippen molar-refractivity contribution in [3.05, 3.63) is 47.3 Å². The lowest BCUT2D eigenvalue weighted by atomic mass is 10.1. The van der Waals surface area contributed by atoms with Crippen LogP contribution < -0.4 is 0 Å². The van der Waals surface area contributed by atoms with Gasteiger partial charge in [0.05, 0.1) is 23.2 Å². The predicted octanol–water partition coefficient (Wildman–Crippen LogP) is 0.874. The zero-order valence-corrected chi connectivity index (χ0v) is 18.6. The number of para-hydroxylation sites is 1. The van der Waals surface area contributed by atoms with E-state index in [1.165, 1.54) is 18.4 Å². The fourth-order valence-electron chi connectivity index (χ4n) is 3.60. The highest BCUT2D eigenvalue weighted by atomic mass is 32.2. The van der Waals surface area contributed by atoms with E-state index in [-0.39, 0.29) is 18.1 Å². The minimum Gasteiger partial charge on any atom is -0.483 e. The zero-order valence-electron chi connectivity index (χ0n) is 17.8. The van der Waals surface area contributed by atoms with E-state index in [1.807, 2.05) is 48.9 Å². The van der Waals surface area contributed by atoms with Gasteiger partial charge in [-0.3, -0.25) is 9.69 Å². The van der Waals surface area contributed by atoms with Crippen LogP contribution in [0.5, 0.6) is 0 Å². The minimum absolute atomic E-state index is 0.0289. The summed E-state index contributed by atoms with van der Waals surface area (Å²) in [5.74, 6) is -0.305. The summed E-state index contributed by atoms with van der Waals surface area (Å²) in [5, 5.41) is 21.9. The van der Waals surface area contributed by atoms with Gasteiger partial charge in [-0.15, -0.1) is 0 Å². The van der Waals surface area contributed by atoms with Gasteiger partial charge in [0.25, 0.3) is 6.47 Å². The highest BCUT2D eigenvalue weighted by Gasteiger charge is 2.35. The number of β-amino-alcohol motifs (C(OH)–C–C–N with tert-alkyl or cyclic N) is 1. The van der Waals surface area contributed by atoms with Crippen molar-refractivity contribution < 1.29 is 23.4 Å². The van der Waals surface area contributed by atoms with Crippen molar-refractivity contribution in [2.24, 2.45) is 5.92 Å². The summed E-state index contributed by atoms with van der Waals surface area (Å²) >= 11 is 0. The maximum atomic E-state index is 12.1. The van der Waals surface area contributed by atoms with Gasteiger partial charge in [-0.05, 0) is 26.0 Å². The third-order valence-corrected chi connectivity index (χ3v) is 7.25. The summed E-state index contributed by atoms with van der Waals surface area (Å²) in [4.78, 5) is 10.5. The topological polar surface area (TPSA) is 116 Å². The fourth-order valence-corrected chi connectivity index (χ4v) is 4.77. The largest absolute Gasteiger partial charge is 0.483 e. The number of hydrogen-bond acceptors (Lipinski definition) is 6. The van der Waals surface area contributed by atoms with Gasteiger partial charge in [0, 0.05) is 50.9 Å².